The van der Waals surface area contributed by atoms with Crippen molar-refractivity contribution in [1.29, 1.82) is 0 Å². The van der Waals surface area contributed by atoms with E-state index in [1.807, 2.05) is 13.8 Å². The normalized spacial score (nSPS) is 16.9. The standard InChI is InChI=1S/C6H15ClO3Si/c1-5(2)9-11(7)10-6(3)8-4/h5-6,11H,1-4H3. The Kier molecular flexibility index (Phi) is 6.17. The summed E-state index contributed by atoms with van der Waals surface area (Å²) in [6.45, 7) is 5.62. The zero-order valence-corrected chi connectivity index (χ0v) is 9.25. The minimum atomic E-state index is -1.99. The fraction of sp³-hybridized carbons (Fsp3) is 1.00. The molecule has 0 radical (unpaired) electrons. The second-order valence-corrected chi connectivity index (χ2v) is 4.56. The van der Waals surface area contributed by atoms with Crippen molar-refractivity contribution in [2.75, 3.05) is 7.11 Å². The average Bonchev–Trinajstić information content (AvgIpc) is 1.85. The number of rotatable bonds is 5. The molecule has 2 atom stereocenters. The van der Waals surface area contributed by atoms with Gasteiger partial charge in [0.1, 0.15) is 6.29 Å². The molecule has 0 aromatic heterocycles. The number of hydrogen-bond donors (Lipinski definition) is 0. The van der Waals surface area contributed by atoms with Crippen molar-refractivity contribution in [2.45, 2.75) is 33.2 Å². The van der Waals surface area contributed by atoms with E-state index in [2.05, 4.69) is 0 Å². The summed E-state index contributed by atoms with van der Waals surface area (Å²) in [5.74, 6) is 0. The molecule has 0 aromatic rings. The van der Waals surface area contributed by atoms with Gasteiger partial charge in [0.15, 0.2) is 0 Å². The van der Waals surface area contributed by atoms with Gasteiger partial charge in [-0.2, -0.15) is 0 Å². The van der Waals surface area contributed by atoms with E-state index in [1.165, 1.54) is 0 Å². The van der Waals surface area contributed by atoms with Gasteiger partial charge in [0, 0.05) is 13.2 Å². The molecule has 0 aliphatic carbocycles. The second kappa shape index (κ2) is 5.96. The molecule has 0 aliphatic rings. The van der Waals surface area contributed by atoms with Crippen molar-refractivity contribution >= 4 is 19.7 Å². The number of halogens is 1. The maximum atomic E-state index is 5.76. The van der Waals surface area contributed by atoms with Crippen LogP contribution in [0.15, 0.2) is 0 Å². The van der Waals surface area contributed by atoms with E-state index in [-0.39, 0.29) is 12.4 Å². The molecule has 5 heteroatoms. The Morgan fingerprint density at radius 1 is 1.18 bits per heavy atom. The van der Waals surface area contributed by atoms with Crippen molar-refractivity contribution in [1.82, 2.24) is 0 Å². The summed E-state index contributed by atoms with van der Waals surface area (Å²) in [4.78, 5) is 0. The molecule has 0 aromatic carbocycles. The van der Waals surface area contributed by atoms with Crippen LogP contribution in [0.25, 0.3) is 0 Å². The first-order valence-electron chi connectivity index (χ1n) is 3.54. The minimum Gasteiger partial charge on any atom is -0.383 e. The van der Waals surface area contributed by atoms with Gasteiger partial charge in [0.25, 0.3) is 0 Å². The summed E-state index contributed by atoms with van der Waals surface area (Å²) in [7, 11) is -0.421. The van der Waals surface area contributed by atoms with E-state index in [1.54, 1.807) is 14.0 Å². The van der Waals surface area contributed by atoms with Gasteiger partial charge in [-0.05, 0) is 20.8 Å². The van der Waals surface area contributed by atoms with Gasteiger partial charge in [-0.1, -0.05) is 0 Å². The van der Waals surface area contributed by atoms with Gasteiger partial charge in [0.2, 0.25) is 0 Å². The van der Waals surface area contributed by atoms with Crippen LogP contribution in [0.5, 0.6) is 0 Å². The number of hydrogen-bond acceptors (Lipinski definition) is 3. The molecule has 68 valence electrons. The third-order valence-electron chi connectivity index (χ3n) is 1.01. The van der Waals surface area contributed by atoms with Gasteiger partial charge >= 0.3 is 8.59 Å². The van der Waals surface area contributed by atoms with Crippen LogP contribution in [-0.4, -0.2) is 28.1 Å². The molecule has 3 nitrogen and oxygen atoms in total. The molecule has 0 amide bonds. The molecule has 0 aliphatic heterocycles. The lowest BCUT2D eigenvalue weighted by Crippen LogP contribution is -2.26. The zero-order valence-electron chi connectivity index (χ0n) is 7.33. The van der Waals surface area contributed by atoms with E-state index in [0.29, 0.717) is 0 Å². The van der Waals surface area contributed by atoms with E-state index in [0.717, 1.165) is 0 Å². The Labute approximate surface area is 74.1 Å². The lowest BCUT2D eigenvalue weighted by atomic mass is 10.5. The zero-order chi connectivity index (χ0) is 8.85. The van der Waals surface area contributed by atoms with Crippen LogP contribution in [0, 0.1) is 0 Å². The Morgan fingerprint density at radius 2 is 1.73 bits per heavy atom. The Balaban J connectivity index is 3.43. The second-order valence-electron chi connectivity index (χ2n) is 2.40. The van der Waals surface area contributed by atoms with Crippen LogP contribution in [-0.2, 0) is 13.6 Å². The fourth-order valence-electron chi connectivity index (χ4n) is 0.452. The molecule has 0 rings (SSSR count). The predicted octanol–water partition coefficient (Wildman–Crippen LogP) is 1.38. The van der Waals surface area contributed by atoms with Crippen LogP contribution in [0.3, 0.4) is 0 Å². The molecule has 0 bridgehead atoms. The van der Waals surface area contributed by atoms with E-state index >= 15 is 0 Å². The predicted molar refractivity (Wildman–Crippen MR) is 46.8 cm³/mol. The van der Waals surface area contributed by atoms with Crippen molar-refractivity contribution in [2.24, 2.45) is 0 Å². The molecule has 0 spiro atoms. The number of ether oxygens (including phenoxy) is 1. The SMILES string of the molecule is COC(C)O[SiH](Cl)OC(C)C. The highest BCUT2D eigenvalue weighted by Crippen LogP contribution is 2.03. The lowest BCUT2D eigenvalue weighted by molar-refractivity contribution is -0.0534. The molecular formula is C6H15ClO3Si. The first-order chi connectivity index (χ1) is 5.06. The smallest absolute Gasteiger partial charge is 0.383 e. The third-order valence-corrected chi connectivity index (χ3v) is 2.98. The topological polar surface area (TPSA) is 27.7 Å². The average molecular weight is 199 g/mol. The Bertz CT molecular complexity index is 102. The molecule has 11 heavy (non-hydrogen) atoms. The number of methoxy groups -OCH3 is 1. The summed E-state index contributed by atoms with van der Waals surface area (Å²) < 4.78 is 15.2. The summed E-state index contributed by atoms with van der Waals surface area (Å²) >= 11 is 5.76. The van der Waals surface area contributed by atoms with Gasteiger partial charge in [-0.25, -0.2) is 0 Å². The molecule has 0 fully saturated rings. The summed E-state index contributed by atoms with van der Waals surface area (Å²) in [5, 5.41) is 0. The molecule has 0 heterocycles. The van der Waals surface area contributed by atoms with Crippen LogP contribution < -0.4 is 0 Å². The maximum absolute atomic E-state index is 5.76. The van der Waals surface area contributed by atoms with E-state index in [9.17, 15) is 0 Å². The monoisotopic (exact) mass is 198 g/mol. The van der Waals surface area contributed by atoms with Crippen LogP contribution in [0.4, 0.5) is 0 Å². The van der Waals surface area contributed by atoms with Gasteiger partial charge in [-0.15, -0.1) is 11.1 Å². The summed E-state index contributed by atoms with van der Waals surface area (Å²) in [5.41, 5.74) is 0. The highest BCUT2D eigenvalue weighted by molar-refractivity contribution is 6.99. The largest absolute Gasteiger partial charge is 0.428 e. The Morgan fingerprint density at radius 3 is 2.09 bits per heavy atom. The molecular weight excluding hydrogens is 184 g/mol. The molecule has 2 unspecified atom stereocenters. The highest BCUT2D eigenvalue weighted by Gasteiger charge is 2.14. The van der Waals surface area contributed by atoms with E-state index in [4.69, 9.17) is 24.7 Å². The van der Waals surface area contributed by atoms with Crippen molar-refractivity contribution < 1.29 is 13.6 Å². The first kappa shape index (κ1) is 11.4. The lowest BCUT2D eigenvalue weighted by Gasteiger charge is -2.16. The highest BCUT2D eigenvalue weighted by atomic mass is 35.6. The van der Waals surface area contributed by atoms with Crippen molar-refractivity contribution in [3.8, 4) is 0 Å². The van der Waals surface area contributed by atoms with Gasteiger partial charge in [0.05, 0.1) is 0 Å². The van der Waals surface area contributed by atoms with Crippen LogP contribution >= 0.6 is 11.1 Å². The van der Waals surface area contributed by atoms with Gasteiger partial charge < -0.3 is 13.6 Å². The third kappa shape index (κ3) is 6.77. The molecule has 0 N–H and O–H groups in total. The quantitative estimate of drug-likeness (QED) is 0.380. The maximum Gasteiger partial charge on any atom is 0.428 e. The van der Waals surface area contributed by atoms with Gasteiger partial charge in [-0.3, -0.25) is 0 Å². The van der Waals surface area contributed by atoms with Crippen LogP contribution in [0.1, 0.15) is 20.8 Å². The Hall–Kier alpha value is 0.387. The summed E-state index contributed by atoms with van der Waals surface area (Å²) in [6.07, 6.45) is -0.156. The molecule has 0 saturated carbocycles. The summed E-state index contributed by atoms with van der Waals surface area (Å²) in [6, 6.07) is 0. The first-order valence-corrected chi connectivity index (χ1v) is 6.23. The van der Waals surface area contributed by atoms with Crippen molar-refractivity contribution in [3.63, 3.8) is 0 Å². The fourth-order valence-corrected chi connectivity index (χ4v) is 2.41. The van der Waals surface area contributed by atoms with E-state index < -0.39 is 8.59 Å². The van der Waals surface area contributed by atoms with Crippen LogP contribution in [0.2, 0.25) is 0 Å². The minimum absolute atomic E-state index is 0.119. The molecule has 0 saturated heterocycles. The van der Waals surface area contributed by atoms with Crippen molar-refractivity contribution in [3.05, 3.63) is 0 Å².